The van der Waals surface area contributed by atoms with Crippen molar-refractivity contribution in [3.8, 4) is 11.5 Å². The predicted molar refractivity (Wildman–Crippen MR) is 127 cm³/mol. The van der Waals surface area contributed by atoms with Gasteiger partial charge in [-0.05, 0) is 58.0 Å². The Balaban J connectivity index is 2.03. The Morgan fingerprint density at radius 2 is 1.12 bits per heavy atom. The number of hydrogen-bond acceptors (Lipinski definition) is 4. The van der Waals surface area contributed by atoms with E-state index in [9.17, 15) is 9.59 Å². The minimum atomic E-state index is -0.166. The standard InChI is InChI=1S/C28H18O4/c1-31-23-13-14-24(32-2)26-20(23)10-8-18-16-6-4-3-5-15(16)17-7-9-19-21(29)11-12-22(30)25(19)27(17)28(18)26/h3-14H,1-2H3. The van der Waals surface area contributed by atoms with Crippen LogP contribution in [0.25, 0.3) is 43.1 Å². The van der Waals surface area contributed by atoms with Gasteiger partial charge in [0.15, 0.2) is 11.6 Å². The van der Waals surface area contributed by atoms with Gasteiger partial charge < -0.3 is 9.47 Å². The lowest BCUT2D eigenvalue weighted by Crippen LogP contribution is -2.12. The van der Waals surface area contributed by atoms with Crippen LogP contribution in [0.4, 0.5) is 0 Å². The number of fused-ring (bicyclic) bond motifs is 10. The van der Waals surface area contributed by atoms with E-state index in [1.54, 1.807) is 20.3 Å². The Morgan fingerprint density at radius 1 is 0.531 bits per heavy atom. The van der Waals surface area contributed by atoms with E-state index in [4.69, 9.17) is 9.47 Å². The smallest absolute Gasteiger partial charge is 0.187 e. The average molecular weight is 418 g/mol. The summed E-state index contributed by atoms with van der Waals surface area (Å²) in [6.45, 7) is 0. The van der Waals surface area contributed by atoms with Gasteiger partial charge in [0.2, 0.25) is 0 Å². The summed E-state index contributed by atoms with van der Waals surface area (Å²) in [5, 5.41) is 7.45. The second kappa shape index (κ2) is 6.66. The molecule has 0 fully saturated rings. The molecule has 6 rings (SSSR count). The summed E-state index contributed by atoms with van der Waals surface area (Å²) < 4.78 is 11.4. The van der Waals surface area contributed by atoms with E-state index in [-0.39, 0.29) is 11.6 Å². The molecule has 0 spiro atoms. The minimum absolute atomic E-state index is 0.160. The molecule has 0 saturated heterocycles. The molecule has 0 aromatic heterocycles. The summed E-state index contributed by atoms with van der Waals surface area (Å²) in [6, 6.07) is 19.7. The van der Waals surface area contributed by atoms with Crippen molar-refractivity contribution >= 4 is 54.7 Å². The summed E-state index contributed by atoms with van der Waals surface area (Å²) in [5.41, 5.74) is 0.878. The molecule has 0 heterocycles. The second-order valence-corrected chi connectivity index (χ2v) is 7.90. The second-order valence-electron chi connectivity index (χ2n) is 7.90. The molecule has 0 amide bonds. The lowest BCUT2D eigenvalue weighted by molar-refractivity contribution is 0.0995. The van der Waals surface area contributed by atoms with E-state index in [1.807, 2.05) is 36.4 Å². The van der Waals surface area contributed by atoms with Gasteiger partial charge in [-0.1, -0.05) is 36.4 Å². The first-order valence-electron chi connectivity index (χ1n) is 10.4. The number of benzene rings is 5. The first kappa shape index (κ1) is 18.6. The highest BCUT2D eigenvalue weighted by Gasteiger charge is 2.25. The third-order valence-electron chi connectivity index (χ3n) is 6.40. The molecule has 154 valence electrons. The monoisotopic (exact) mass is 418 g/mol. The molecule has 4 heteroatoms. The van der Waals surface area contributed by atoms with Crippen molar-refractivity contribution in [3.63, 3.8) is 0 Å². The van der Waals surface area contributed by atoms with Gasteiger partial charge in [0.25, 0.3) is 0 Å². The highest BCUT2D eigenvalue weighted by atomic mass is 16.5. The van der Waals surface area contributed by atoms with E-state index in [2.05, 4.69) is 18.2 Å². The van der Waals surface area contributed by atoms with Crippen LogP contribution in [0.3, 0.4) is 0 Å². The fraction of sp³-hybridized carbons (Fsp3) is 0.0714. The molecule has 5 aromatic rings. The van der Waals surface area contributed by atoms with Gasteiger partial charge in [-0.2, -0.15) is 0 Å². The average Bonchev–Trinajstić information content (AvgIpc) is 2.84. The van der Waals surface area contributed by atoms with Crippen molar-refractivity contribution in [3.05, 3.63) is 83.9 Å². The molecule has 4 nitrogen and oxygen atoms in total. The van der Waals surface area contributed by atoms with Crippen LogP contribution in [0, 0.1) is 0 Å². The van der Waals surface area contributed by atoms with E-state index >= 15 is 0 Å². The third kappa shape index (κ3) is 2.32. The van der Waals surface area contributed by atoms with Crippen molar-refractivity contribution in [2.75, 3.05) is 14.2 Å². The Hall–Kier alpha value is -4.18. The van der Waals surface area contributed by atoms with Gasteiger partial charge in [0, 0.05) is 32.7 Å². The first-order chi connectivity index (χ1) is 15.6. The maximum absolute atomic E-state index is 13.1. The third-order valence-corrected chi connectivity index (χ3v) is 6.40. The lowest BCUT2D eigenvalue weighted by atomic mass is 9.83. The van der Waals surface area contributed by atoms with E-state index in [0.717, 1.165) is 48.8 Å². The van der Waals surface area contributed by atoms with Crippen LogP contribution in [0.2, 0.25) is 0 Å². The van der Waals surface area contributed by atoms with Gasteiger partial charge in [-0.3, -0.25) is 9.59 Å². The van der Waals surface area contributed by atoms with Crippen LogP contribution < -0.4 is 9.47 Å². The van der Waals surface area contributed by atoms with E-state index in [1.165, 1.54) is 12.2 Å². The largest absolute Gasteiger partial charge is 0.496 e. The maximum Gasteiger partial charge on any atom is 0.187 e. The van der Waals surface area contributed by atoms with Gasteiger partial charge in [-0.15, -0.1) is 0 Å². The molecule has 1 aliphatic rings. The Morgan fingerprint density at radius 3 is 1.84 bits per heavy atom. The minimum Gasteiger partial charge on any atom is -0.496 e. The zero-order chi connectivity index (χ0) is 22.0. The molecule has 0 radical (unpaired) electrons. The van der Waals surface area contributed by atoms with Crippen molar-refractivity contribution in [2.24, 2.45) is 0 Å². The number of carbonyl (C=O) groups is 2. The zero-order valence-electron chi connectivity index (χ0n) is 17.6. The number of ketones is 2. The van der Waals surface area contributed by atoms with Crippen molar-refractivity contribution in [1.29, 1.82) is 0 Å². The fourth-order valence-electron chi connectivity index (χ4n) is 5.05. The Bertz CT molecular complexity index is 1670. The highest BCUT2D eigenvalue weighted by Crippen LogP contribution is 2.46. The molecular formula is C28H18O4. The SMILES string of the molecule is COc1ccc(OC)c2c1ccc1c3ccccc3c3ccc4c(c3c12)C(=O)C=CC4=O. The van der Waals surface area contributed by atoms with Crippen LogP contribution in [0.5, 0.6) is 11.5 Å². The van der Waals surface area contributed by atoms with Crippen LogP contribution in [0.15, 0.2) is 72.8 Å². The molecule has 0 bridgehead atoms. The highest BCUT2D eigenvalue weighted by molar-refractivity contribution is 6.38. The quantitative estimate of drug-likeness (QED) is 0.318. The Labute approximate surface area is 183 Å². The topological polar surface area (TPSA) is 52.6 Å². The summed E-state index contributed by atoms with van der Waals surface area (Å²) in [7, 11) is 3.27. The van der Waals surface area contributed by atoms with Crippen LogP contribution >= 0.6 is 0 Å². The van der Waals surface area contributed by atoms with Gasteiger partial charge >= 0.3 is 0 Å². The van der Waals surface area contributed by atoms with Gasteiger partial charge in [0.05, 0.1) is 14.2 Å². The van der Waals surface area contributed by atoms with E-state index < -0.39 is 0 Å². The molecule has 5 aromatic carbocycles. The summed E-state index contributed by atoms with van der Waals surface area (Å²) in [5.74, 6) is 1.08. The van der Waals surface area contributed by atoms with Crippen LogP contribution in [-0.2, 0) is 0 Å². The van der Waals surface area contributed by atoms with Crippen molar-refractivity contribution < 1.29 is 19.1 Å². The fourth-order valence-corrected chi connectivity index (χ4v) is 5.05. The molecular weight excluding hydrogens is 400 g/mol. The maximum atomic E-state index is 13.1. The number of ether oxygens (including phenoxy) is 2. The molecule has 0 aliphatic heterocycles. The summed E-state index contributed by atoms with van der Waals surface area (Å²) >= 11 is 0. The van der Waals surface area contributed by atoms with Gasteiger partial charge in [-0.25, -0.2) is 0 Å². The molecule has 1 aliphatic carbocycles. The first-order valence-corrected chi connectivity index (χ1v) is 10.4. The molecule has 32 heavy (non-hydrogen) atoms. The zero-order valence-corrected chi connectivity index (χ0v) is 17.6. The van der Waals surface area contributed by atoms with E-state index in [0.29, 0.717) is 16.9 Å². The number of rotatable bonds is 2. The number of carbonyl (C=O) groups excluding carboxylic acids is 2. The van der Waals surface area contributed by atoms with Gasteiger partial charge in [0.1, 0.15) is 11.5 Å². The Kier molecular flexibility index (Phi) is 3.87. The van der Waals surface area contributed by atoms with Crippen LogP contribution in [-0.4, -0.2) is 25.8 Å². The lowest BCUT2D eigenvalue weighted by Gasteiger charge is -2.19. The van der Waals surface area contributed by atoms with Crippen LogP contribution in [0.1, 0.15) is 20.7 Å². The summed E-state index contributed by atoms with van der Waals surface area (Å²) in [6.07, 6.45) is 2.72. The summed E-state index contributed by atoms with van der Waals surface area (Å²) in [4.78, 5) is 25.8. The van der Waals surface area contributed by atoms with Crippen molar-refractivity contribution in [1.82, 2.24) is 0 Å². The molecule has 0 unspecified atom stereocenters. The van der Waals surface area contributed by atoms with Crippen molar-refractivity contribution in [2.45, 2.75) is 0 Å². The number of methoxy groups -OCH3 is 2. The number of hydrogen-bond donors (Lipinski definition) is 0. The normalized spacial score (nSPS) is 13.3. The molecule has 0 atom stereocenters. The number of allylic oxidation sites excluding steroid dienone is 2. The predicted octanol–water partition coefficient (Wildman–Crippen LogP) is 6.25. The molecule has 0 saturated carbocycles. The molecule has 0 N–H and O–H groups in total.